The van der Waals surface area contributed by atoms with Gasteiger partial charge in [0, 0.05) is 17.3 Å². The van der Waals surface area contributed by atoms with Gasteiger partial charge in [-0.15, -0.1) is 0 Å². The minimum atomic E-state index is -0.181. The first-order valence-corrected chi connectivity index (χ1v) is 7.88. The molecule has 1 aliphatic rings. The molecule has 0 aromatic rings. The van der Waals surface area contributed by atoms with Gasteiger partial charge in [-0.1, -0.05) is 38.8 Å². The summed E-state index contributed by atoms with van der Waals surface area (Å²) in [6.45, 7) is 4.74. The van der Waals surface area contributed by atoms with E-state index in [1.165, 1.54) is 0 Å². The van der Waals surface area contributed by atoms with Crippen LogP contribution in [-0.4, -0.2) is 34.8 Å². The van der Waals surface area contributed by atoms with Crippen molar-refractivity contribution in [2.75, 3.05) is 17.3 Å². The molecule has 0 aromatic heterocycles. The summed E-state index contributed by atoms with van der Waals surface area (Å²) < 4.78 is 5.42. The molecule has 1 saturated heterocycles. The van der Waals surface area contributed by atoms with E-state index >= 15 is 0 Å². The number of nitrogens with one attached hydrogen (secondary N) is 1. The number of hydrogen-bond acceptors (Lipinski definition) is 2. The molecule has 94 valence electrons. The van der Waals surface area contributed by atoms with E-state index in [-0.39, 0.29) is 23.5 Å². The van der Waals surface area contributed by atoms with Gasteiger partial charge >= 0.3 is 0 Å². The summed E-state index contributed by atoms with van der Waals surface area (Å²) in [5.74, 6) is 0.120. The second-order valence-corrected chi connectivity index (χ2v) is 5.48. The number of halogens is 2. The van der Waals surface area contributed by atoms with Crippen molar-refractivity contribution in [1.29, 1.82) is 0 Å². The summed E-state index contributed by atoms with van der Waals surface area (Å²) in [6, 6.07) is 0. The summed E-state index contributed by atoms with van der Waals surface area (Å²) in [6.07, 6.45) is 1.77. The van der Waals surface area contributed by atoms with Crippen LogP contribution >= 0.6 is 31.9 Å². The maximum atomic E-state index is 12.1. The molecule has 0 bridgehead atoms. The molecule has 3 nitrogen and oxygen atoms in total. The van der Waals surface area contributed by atoms with Gasteiger partial charge in [0.05, 0.1) is 17.6 Å². The van der Waals surface area contributed by atoms with Gasteiger partial charge in [0.25, 0.3) is 0 Å². The van der Waals surface area contributed by atoms with Crippen LogP contribution in [0.4, 0.5) is 0 Å². The second-order valence-electron chi connectivity index (χ2n) is 4.36. The summed E-state index contributed by atoms with van der Waals surface area (Å²) in [5.41, 5.74) is -0.181. The van der Waals surface area contributed by atoms with E-state index in [1.54, 1.807) is 0 Å². The Hall–Kier alpha value is 0.390. The average molecular weight is 357 g/mol. The number of rotatable bonds is 5. The van der Waals surface area contributed by atoms with E-state index in [2.05, 4.69) is 44.1 Å². The van der Waals surface area contributed by atoms with Gasteiger partial charge in [-0.3, -0.25) is 4.79 Å². The van der Waals surface area contributed by atoms with Crippen LogP contribution in [-0.2, 0) is 9.53 Å². The zero-order valence-corrected chi connectivity index (χ0v) is 12.9. The minimum absolute atomic E-state index is 0.00373. The van der Waals surface area contributed by atoms with Crippen molar-refractivity contribution in [2.24, 2.45) is 5.92 Å². The zero-order valence-electron chi connectivity index (χ0n) is 9.76. The highest BCUT2D eigenvalue weighted by atomic mass is 79.9. The number of ether oxygens (including phenoxy) is 1. The van der Waals surface area contributed by atoms with Crippen molar-refractivity contribution in [3.05, 3.63) is 0 Å². The zero-order chi connectivity index (χ0) is 12.2. The van der Waals surface area contributed by atoms with Crippen molar-refractivity contribution in [3.8, 4) is 0 Å². The van der Waals surface area contributed by atoms with Gasteiger partial charge in [0.2, 0.25) is 5.91 Å². The Morgan fingerprint density at radius 3 is 2.50 bits per heavy atom. The molecule has 1 rings (SSSR count). The van der Waals surface area contributed by atoms with Crippen molar-refractivity contribution in [3.63, 3.8) is 0 Å². The van der Waals surface area contributed by atoms with E-state index in [1.807, 2.05) is 6.92 Å². The number of carbonyl (C=O) groups excluding carboxylic acids is 1. The van der Waals surface area contributed by atoms with Crippen LogP contribution in [0, 0.1) is 5.92 Å². The van der Waals surface area contributed by atoms with Crippen molar-refractivity contribution >= 4 is 37.8 Å². The van der Waals surface area contributed by atoms with E-state index < -0.39 is 0 Å². The fraction of sp³-hybridized carbons (Fsp3) is 0.909. The fourth-order valence-corrected chi connectivity index (χ4v) is 3.81. The van der Waals surface area contributed by atoms with Gasteiger partial charge < -0.3 is 10.1 Å². The Morgan fingerprint density at radius 1 is 1.50 bits per heavy atom. The van der Waals surface area contributed by atoms with Gasteiger partial charge in [-0.25, -0.2) is 0 Å². The van der Waals surface area contributed by atoms with Crippen LogP contribution < -0.4 is 5.32 Å². The predicted octanol–water partition coefficient (Wildman–Crippen LogP) is 2.47. The van der Waals surface area contributed by atoms with Crippen LogP contribution in [0.1, 0.15) is 26.7 Å². The third-order valence-corrected chi connectivity index (χ3v) is 5.44. The molecule has 1 fully saturated rings. The SMILES string of the molecule is CCC(CBr)(CBr)NC(=O)C1CCOC1C. The summed E-state index contributed by atoms with van der Waals surface area (Å²) in [5, 5.41) is 4.66. The molecule has 0 radical (unpaired) electrons. The summed E-state index contributed by atoms with van der Waals surface area (Å²) in [7, 11) is 0. The third kappa shape index (κ3) is 3.20. The molecule has 1 amide bonds. The van der Waals surface area contributed by atoms with Crippen molar-refractivity contribution in [2.45, 2.75) is 38.3 Å². The van der Waals surface area contributed by atoms with Gasteiger partial charge in [0.1, 0.15) is 0 Å². The van der Waals surface area contributed by atoms with Crippen LogP contribution in [0.2, 0.25) is 0 Å². The first-order valence-electron chi connectivity index (χ1n) is 5.64. The molecular formula is C11H19Br2NO2. The third-order valence-electron chi connectivity index (χ3n) is 3.29. The largest absolute Gasteiger partial charge is 0.378 e. The Balaban J connectivity index is 2.61. The van der Waals surface area contributed by atoms with E-state index in [0.29, 0.717) is 6.61 Å². The van der Waals surface area contributed by atoms with Crippen LogP contribution in [0.5, 0.6) is 0 Å². The number of carbonyl (C=O) groups is 1. The topological polar surface area (TPSA) is 38.3 Å². The van der Waals surface area contributed by atoms with E-state index in [4.69, 9.17) is 4.74 Å². The molecule has 0 aromatic carbocycles. The molecule has 1 aliphatic heterocycles. The molecular weight excluding hydrogens is 338 g/mol. The highest BCUT2D eigenvalue weighted by molar-refractivity contribution is 9.09. The highest BCUT2D eigenvalue weighted by Crippen LogP contribution is 2.23. The Bertz CT molecular complexity index is 236. The molecule has 0 aliphatic carbocycles. The standard InChI is InChI=1S/C11H19Br2NO2/c1-3-11(6-12,7-13)14-10(15)9-4-5-16-8(9)2/h8-9H,3-7H2,1-2H3,(H,14,15). The number of hydrogen-bond donors (Lipinski definition) is 1. The lowest BCUT2D eigenvalue weighted by atomic mass is 9.97. The van der Waals surface area contributed by atoms with Crippen LogP contribution in [0.25, 0.3) is 0 Å². The fourth-order valence-electron chi connectivity index (χ4n) is 1.81. The quantitative estimate of drug-likeness (QED) is 0.768. The molecule has 16 heavy (non-hydrogen) atoms. The lowest BCUT2D eigenvalue weighted by Gasteiger charge is -2.31. The summed E-state index contributed by atoms with van der Waals surface area (Å²) >= 11 is 6.94. The lowest BCUT2D eigenvalue weighted by Crippen LogP contribution is -2.53. The Morgan fingerprint density at radius 2 is 2.12 bits per heavy atom. The molecule has 2 atom stereocenters. The Kier molecular flexibility index (Phi) is 5.74. The Labute approximate surface area is 114 Å². The minimum Gasteiger partial charge on any atom is -0.378 e. The monoisotopic (exact) mass is 355 g/mol. The summed E-state index contributed by atoms with van der Waals surface area (Å²) in [4.78, 5) is 12.1. The van der Waals surface area contributed by atoms with Crippen molar-refractivity contribution in [1.82, 2.24) is 5.32 Å². The number of amides is 1. The van der Waals surface area contributed by atoms with Gasteiger partial charge in [0.15, 0.2) is 0 Å². The van der Waals surface area contributed by atoms with Crippen molar-refractivity contribution < 1.29 is 9.53 Å². The molecule has 1 heterocycles. The predicted molar refractivity (Wildman–Crippen MR) is 72.3 cm³/mol. The normalized spacial score (nSPS) is 25.8. The average Bonchev–Trinajstić information content (AvgIpc) is 2.72. The molecule has 5 heteroatoms. The first-order chi connectivity index (χ1) is 7.58. The second kappa shape index (κ2) is 6.36. The molecule has 0 spiro atoms. The highest BCUT2D eigenvalue weighted by Gasteiger charge is 2.35. The number of alkyl halides is 2. The van der Waals surface area contributed by atoms with Gasteiger partial charge in [-0.05, 0) is 19.8 Å². The maximum absolute atomic E-state index is 12.1. The molecule has 0 saturated carbocycles. The smallest absolute Gasteiger partial charge is 0.226 e. The molecule has 2 unspecified atom stereocenters. The van der Waals surface area contributed by atoms with Crippen LogP contribution in [0.15, 0.2) is 0 Å². The van der Waals surface area contributed by atoms with E-state index in [0.717, 1.165) is 23.5 Å². The molecule has 1 N–H and O–H groups in total. The maximum Gasteiger partial charge on any atom is 0.226 e. The van der Waals surface area contributed by atoms with Gasteiger partial charge in [-0.2, -0.15) is 0 Å². The van der Waals surface area contributed by atoms with E-state index in [9.17, 15) is 4.79 Å². The first kappa shape index (κ1) is 14.5. The lowest BCUT2D eigenvalue weighted by molar-refractivity contribution is -0.127. The van der Waals surface area contributed by atoms with Crippen LogP contribution in [0.3, 0.4) is 0 Å².